The molecule has 17 heavy (non-hydrogen) atoms. The molecule has 0 aromatic heterocycles. The second-order valence-corrected chi connectivity index (χ2v) is 4.32. The van der Waals surface area contributed by atoms with Gasteiger partial charge in [0.15, 0.2) is 0 Å². The van der Waals surface area contributed by atoms with Gasteiger partial charge in [-0.1, -0.05) is 0 Å². The lowest BCUT2D eigenvalue weighted by atomic mass is 10.1. The van der Waals surface area contributed by atoms with Crippen LogP contribution in [0.3, 0.4) is 0 Å². The summed E-state index contributed by atoms with van der Waals surface area (Å²) >= 11 is 0. The normalized spacial score (nSPS) is 23.9. The Morgan fingerprint density at radius 2 is 2.24 bits per heavy atom. The highest BCUT2D eigenvalue weighted by Crippen LogP contribution is 2.23. The van der Waals surface area contributed by atoms with E-state index >= 15 is 0 Å². The molecule has 0 aliphatic carbocycles. The van der Waals surface area contributed by atoms with Gasteiger partial charge in [0.2, 0.25) is 17.7 Å². The van der Waals surface area contributed by atoms with Gasteiger partial charge >= 0.3 is 0 Å². The number of carbonyl (C=O) groups is 3. The molecular weight excluding hydrogens is 224 g/mol. The molecule has 2 saturated heterocycles. The SMILES string of the molecule is NNC(=O)CCN1CC(=O)N2CCCC2C1=O. The van der Waals surface area contributed by atoms with Crippen molar-refractivity contribution in [1.82, 2.24) is 15.2 Å². The van der Waals surface area contributed by atoms with Gasteiger partial charge in [0, 0.05) is 19.5 Å². The van der Waals surface area contributed by atoms with Crippen molar-refractivity contribution in [3.63, 3.8) is 0 Å². The number of fused-ring (bicyclic) bond motifs is 1. The second-order valence-electron chi connectivity index (χ2n) is 4.32. The van der Waals surface area contributed by atoms with Crippen molar-refractivity contribution in [2.24, 2.45) is 5.84 Å². The van der Waals surface area contributed by atoms with Crippen LogP contribution >= 0.6 is 0 Å². The third-order valence-corrected chi connectivity index (χ3v) is 3.27. The molecule has 0 aromatic carbocycles. The Labute approximate surface area is 98.9 Å². The van der Waals surface area contributed by atoms with E-state index in [2.05, 4.69) is 0 Å². The number of amides is 3. The summed E-state index contributed by atoms with van der Waals surface area (Å²) in [6, 6.07) is -0.308. The van der Waals surface area contributed by atoms with E-state index in [1.54, 1.807) is 4.90 Å². The van der Waals surface area contributed by atoms with Crippen LogP contribution in [0.1, 0.15) is 19.3 Å². The Hall–Kier alpha value is -1.63. The number of nitrogens with one attached hydrogen (secondary N) is 1. The molecule has 0 spiro atoms. The van der Waals surface area contributed by atoms with Gasteiger partial charge in [0.05, 0.1) is 6.54 Å². The van der Waals surface area contributed by atoms with Crippen LogP contribution in [0.4, 0.5) is 0 Å². The maximum Gasteiger partial charge on any atom is 0.245 e. The molecule has 2 aliphatic rings. The van der Waals surface area contributed by atoms with Crippen molar-refractivity contribution in [3.8, 4) is 0 Å². The molecule has 7 heteroatoms. The van der Waals surface area contributed by atoms with Crippen molar-refractivity contribution < 1.29 is 14.4 Å². The molecule has 2 heterocycles. The Balaban J connectivity index is 1.97. The molecule has 0 radical (unpaired) electrons. The van der Waals surface area contributed by atoms with Crippen LogP contribution in [0, 0.1) is 0 Å². The zero-order valence-corrected chi connectivity index (χ0v) is 9.52. The minimum absolute atomic E-state index is 0.0275. The number of hydrogen-bond donors (Lipinski definition) is 2. The average Bonchev–Trinajstić information content (AvgIpc) is 2.81. The zero-order valence-electron chi connectivity index (χ0n) is 9.52. The van der Waals surface area contributed by atoms with Gasteiger partial charge in [-0.3, -0.25) is 19.8 Å². The van der Waals surface area contributed by atoms with Crippen molar-refractivity contribution in [1.29, 1.82) is 0 Å². The molecular formula is C10H16N4O3. The van der Waals surface area contributed by atoms with Gasteiger partial charge in [-0.25, -0.2) is 5.84 Å². The monoisotopic (exact) mass is 240 g/mol. The summed E-state index contributed by atoms with van der Waals surface area (Å²) < 4.78 is 0. The maximum atomic E-state index is 12.0. The van der Waals surface area contributed by atoms with Crippen LogP contribution in [0.2, 0.25) is 0 Å². The molecule has 94 valence electrons. The van der Waals surface area contributed by atoms with Crippen molar-refractivity contribution in [2.75, 3.05) is 19.6 Å². The Kier molecular flexibility index (Phi) is 3.28. The molecule has 1 unspecified atom stereocenters. The molecule has 2 rings (SSSR count). The van der Waals surface area contributed by atoms with Gasteiger partial charge < -0.3 is 9.80 Å². The van der Waals surface area contributed by atoms with Gasteiger partial charge in [-0.05, 0) is 12.8 Å². The minimum Gasteiger partial charge on any atom is -0.331 e. The highest BCUT2D eigenvalue weighted by molar-refractivity contribution is 5.95. The molecule has 7 nitrogen and oxygen atoms in total. The predicted octanol–water partition coefficient (Wildman–Crippen LogP) is -1.80. The summed E-state index contributed by atoms with van der Waals surface area (Å²) in [4.78, 5) is 37.9. The van der Waals surface area contributed by atoms with E-state index in [4.69, 9.17) is 5.84 Å². The van der Waals surface area contributed by atoms with Crippen LogP contribution in [-0.2, 0) is 14.4 Å². The van der Waals surface area contributed by atoms with E-state index in [0.717, 1.165) is 12.8 Å². The molecule has 0 saturated carbocycles. The first kappa shape index (κ1) is 11.8. The van der Waals surface area contributed by atoms with Crippen LogP contribution in [0.15, 0.2) is 0 Å². The fourth-order valence-corrected chi connectivity index (χ4v) is 2.36. The lowest BCUT2D eigenvalue weighted by Gasteiger charge is -2.36. The quantitative estimate of drug-likeness (QED) is 0.345. The van der Waals surface area contributed by atoms with Crippen LogP contribution in [-0.4, -0.2) is 53.2 Å². The van der Waals surface area contributed by atoms with Crippen molar-refractivity contribution in [3.05, 3.63) is 0 Å². The number of rotatable bonds is 3. The maximum absolute atomic E-state index is 12.0. The average molecular weight is 240 g/mol. The molecule has 3 amide bonds. The first-order valence-corrected chi connectivity index (χ1v) is 5.71. The van der Waals surface area contributed by atoms with Gasteiger partial charge in [-0.2, -0.15) is 0 Å². The number of carbonyl (C=O) groups excluding carboxylic acids is 3. The summed E-state index contributed by atoms with van der Waals surface area (Å²) in [6.45, 7) is 0.998. The lowest BCUT2D eigenvalue weighted by Crippen LogP contribution is -2.57. The van der Waals surface area contributed by atoms with E-state index in [1.165, 1.54) is 4.90 Å². The number of nitrogens with two attached hydrogens (primary N) is 1. The molecule has 2 fully saturated rings. The summed E-state index contributed by atoms with van der Waals surface area (Å²) in [5.41, 5.74) is 2.00. The van der Waals surface area contributed by atoms with E-state index < -0.39 is 0 Å². The fourth-order valence-electron chi connectivity index (χ4n) is 2.36. The Bertz CT molecular complexity index is 357. The van der Waals surface area contributed by atoms with E-state index in [9.17, 15) is 14.4 Å². The molecule has 0 bridgehead atoms. The van der Waals surface area contributed by atoms with Crippen LogP contribution in [0.25, 0.3) is 0 Å². The van der Waals surface area contributed by atoms with Crippen molar-refractivity contribution in [2.45, 2.75) is 25.3 Å². The topological polar surface area (TPSA) is 95.7 Å². The first-order chi connectivity index (χ1) is 8.13. The van der Waals surface area contributed by atoms with Crippen molar-refractivity contribution >= 4 is 17.7 Å². The standard InChI is InChI=1S/C10H16N4O3/c11-12-8(15)3-5-13-6-9(16)14-4-1-2-7(14)10(13)17/h7H,1-6,11H2,(H,12,15). The van der Waals surface area contributed by atoms with Gasteiger partial charge in [0.1, 0.15) is 6.04 Å². The van der Waals surface area contributed by atoms with Gasteiger partial charge in [-0.15, -0.1) is 0 Å². The number of hydrazine groups is 1. The second kappa shape index (κ2) is 4.70. The molecule has 3 N–H and O–H groups in total. The summed E-state index contributed by atoms with van der Waals surface area (Å²) in [5, 5.41) is 0. The predicted molar refractivity (Wildman–Crippen MR) is 58.3 cm³/mol. The third kappa shape index (κ3) is 2.23. The summed E-state index contributed by atoms with van der Waals surface area (Å²) in [5.74, 6) is 4.55. The summed E-state index contributed by atoms with van der Waals surface area (Å²) in [6.07, 6.45) is 1.73. The zero-order chi connectivity index (χ0) is 12.4. The van der Waals surface area contributed by atoms with Crippen LogP contribution < -0.4 is 11.3 Å². The number of nitrogens with zero attached hydrogens (tertiary/aromatic N) is 2. The van der Waals surface area contributed by atoms with E-state index in [1.807, 2.05) is 5.43 Å². The molecule has 2 aliphatic heterocycles. The van der Waals surface area contributed by atoms with E-state index in [0.29, 0.717) is 6.54 Å². The molecule has 0 aromatic rings. The first-order valence-electron chi connectivity index (χ1n) is 5.71. The Morgan fingerprint density at radius 1 is 1.47 bits per heavy atom. The lowest BCUT2D eigenvalue weighted by molar-refractivity contribution is -0.153. The highest BCUT2D eigenvalue weighted by Gasteiger charge is 2.41. The minimum atomic E-state index is -0.334. The van der Waals surface area contributed by atoms with E-state index in [-0.39, 0.29) is 43.3 Å². The van der Waals surface area contributed by atoms with Gasteiger partial charge in [0.25, 0.3) is 0 Å². The van der Waals surface area contributed by atoms with Crippen LogP contribution in [0.5, 0.6) is 0 Å². The largest absolute Gasteiger partial charge is 0.331 e. The molecule has 1 atom stereocenters. The smallest absolute Gasteiger partial charge is 0.245 e. The highest BCUT2D eigenvalue weighted by atomic mass is 16.2. The summed E-state index contributed by atoms with van der Waals surface area (Å²) in [7, 11) is 0. The number of piperazine rings is 1. The fraction of sp³-hybridized carbons (Fsp3) is 0.700. The third-order valence-electron chi connectivity index (χ3n) is 3.27. The number of hydrogen-bond acceptors (Lipinski definition) is 4. The Morgan fingerprint density at radius 3 is 2.94 bits per heavy atom.